The van der Waals surface area contributed by atoms with Crippen molar-refractivity contribution in [3.8, 4) is 0 Å². The molecular formula is C13H15Br2F3N2O3S. The number of alkyl halides is 3. The monoisotopic (exact) mass is 494 g/mol. The van der Waals surface area contributed by atoms with E-state index in [-0.39, 0.29) is 20.4 Å². The molecule has 0 aliphatic carbocycles. The van der Waals surface area contributed by atoms with E-state index in [0.717, 1.165) is 0 Å². The molecule has 0 aliphatic heterocycles. The van der Waals surface area contributed by atoms with Crippen LogP contribution in [0.2, 0.25) is 0 Å². The van der Waals surface area contributed by atoms with E-state index in [1.54, 1.807) is 26.1 Å². The summed E-state index contributed by atoms with van der Waals surface area (Å²) in [5.41, 5.74) is -0.466. The third-order valence-corrected chi connectivity index (χ3v) is 5.30. The molecule has 0 radical (unpaired) electrons. The van der Waals surface area contributed by atoms with E-state index in [2.05, 4.69) is 36.6 Å². The van der Waals surface area contributed by atoms with Crippen LogP contribution in [0.5, 0.6) is 0 Å². The fourth-order valence-corrected chi connectivity index (χ4v) is 4.82. The van der Waals surface area contributed by atoms with Gasteiger partial charge in [0.25, 0.3) is 0 Å². The van der Waals surface area contributed by atoms with Gasteiger partial charge in [0.1, 0.15) is 0 Å². The molecule has 5 nitrogen and oxygen atoms in total. The van der Waals surface area contributed by atoms with Gasteiger partial charge in [0.2, 0.25) is 10.0 Å². The van der Waals surface area contributed by atoms with Gasteiger partial charge in [-0.1, -0.05) is 0 Å². The lowest BCUT2D eigenvalue weighted by Gasteiger charge is -2.20. The first-order valence-corrected chi connectivity index (χ1v) is 9.72. The van der Waals surface area contributed by atoms with Crippen LogP contribution in [0.3, 0.4) is 0 Å². The smallest absolute Gasteiger partial charge is 0.316 e. The second kappa shape index (κ2) is 7.30. The number of anilines is 1. The van der Waals surface area contributed by atoms with Crippen molar-refractivity contribution in [1.29, 1.82) is 0 Å². The number of hydrogen-bond acceptors (Lipinski definition) is 3. The number of sulfonamides is 1. The number of hydrogen-bond donors (Lipinski definition) is 2. The van der Waals surface area contributed by atoms with Gasteiger partial charge in [-0.3, -0.25) is 4.79 Å². The Hall–Kier alpha value is -0.650. The van der Waals surface area contributed by atoms with E-state index in [1.165, 1.54) is 12.1 Å². The minimum absolute atomic E-state index is 0.121. The van der Waals surface area contributed by atoms with Crippen LogP contribution in [-0.2, 0) is 20.6 Å². The second-order valence-electron chi connectivity index (χ2n) is 6.00. The zero-order valence-electron chi connectivity index (χ0n) is 12.9. The lowest BCUT2D eigenvalue weighted by atomic mass is 10.1. The molecule has 0 spiro atoms. The standard InChI is InChI=1S/C13H15Br2F3N2O3S/c1-12(2,3)20-24(22,23)6-7-4-8(14)10(9(15)5-7)19-11(21)13(16,17)18/h4-5,20H,6H2,1-3H3,(H,19,21). The average Bonchev–Trinajstić information content (AvgIpc) is 2.28. The molecule has 0 heterocycles. The van der Waals surface area contributed by atoms with Crippen LogP contribution in [0.1, 0.15) is 26.3 Å². The zero-order valence-corrected chi connectivity index (χ0v) is 16.9. The lowest BCUT2D eigenvalue weighted by molar-refractivity contribution is -0.167. The quantitative estimate of drug-likeness (QED) is 0.664. The molecule has 0 saturated carbocycles. The molecule has 2 N–H and O–H groups in total. The largest absolute Gasteiger partial charge is 0.471 e. The Morgan fingerprint density at radius 1 is 1.12 bits per heavy atom. The highest BCUT2D eigenvalue weighted by Gasteiger charge is 2.39. The molecule has 24 heavy (non-hydrogen) atoms. The van der Waals surface area contributed by atoms with Gasteiger partial charge in [0, 0.05) is 14.5 Å². The molecule has 0 unspecified atom stereocenters. The maximum absolute atomic E-state index is 12.3. The molecule has 0 saturated heterocycles. The lowest BCUT2D eigenvalue weighted by Crippen LogP contribution is -2.41. The number of carbonyl (C=O) groups is 1. The Morgan fingerprint density at radius 3 is 1.96 bits per heavy atom. The normalized spacial score (nSPS) is 13.0. The van der Waals surface area contributed by atoms with Gasteiger partial charge in [-0.05, 0) is 70.3 Å². The molecule has 0 fully saturated rings. The predicted octanol–water partition coefficient (Wildman–Crippen LogP) is 3.93. The van der Waals surface area contributed by atoms with Crippen molar-refractivity contribution < 1.29 is 26.4 Å². The molecule has 0 atom stereocenters. The van der Waals surface area contributed by atoms with E-state index in [4.69, 9.17) is 0 Å². The maximum atomic E-state index is 12.3. The van der Waals surface area contributed by atoms with Gasteiger partial charge < -0.3 is 5.32 Å². The first-order valence-electron chi connectivity index (χ1n) is 6.48. The van der Waals surface area contributed by atoms with Crippen LogP contribution in [-0.4, -0.2) is 26.0 Å². The van der Waals surface area contributed by atoms with Crippen LogP contribution in [0.4, 0.5) is 18.9 Å². The summed E-state index contributed by atoms with van der Waals surface area (Å²) < 4.78 is 63.8. The molecule has 1 rings (SSSR count). The van der Waals surface area contributed by atoms with Gasteiger partial charge in [0.15, 0.2) is 0 Å². The van der Waals surface area contributed by atoms with Crippen LogP contribution in [0.25, 0.3) is 0 Å². The van der Waals surface area contributed by atoms with Crippen molar-refractivity contribution in [2.45, 2.75) is 38.2 Å². The van der Waals surface area contributed by atoms with Crippen LogP contribution >= 0.6 is 31.9 Å². The first kappa shape index (κ1) is 21.4. The van der Waals surface area contributed by atoms with Crippen molar-refractivity contribution in [3.63, 3.8) is 0 Å². The molecule has 11 heteroatoms. The molecule has 0 aromatic heterocycles. The Balaban J connectivity index is 3.06. The van der Waals surface area contributed by atoms with Crippen molar-refractivity contribution in [2.24, 2.45) is 0 Å². The van der Waals surface area contributed by atoms with Crippen LogP contribution < -0.4 is 10.0 Å². The Kier molecular flexibility index (Phi) is 6.51. The van der Waals surface area contributed by atoms with Gasteiger partial charge in [-0.15, -0.1) is 0 Å². The van der Waals surface area contributed by atoms with E-state index in [0.29, 0.717) is 5.56 Å². The first-order chi connectivity index (χ1) is 10.6. The highest BCUT2D eigenvalue weighted by molar-refractivity contribution is 9.11. The Labute approximate surface area is 154 Å². The average molecular weight is 496 g/mol. The highest BCUT2D eigenvalue weighted by atomic mass is 79.9. The summed E-state index contributed by atoms with van der Waals surface area (Å²) in [5.74, 6) is -2.49. The van der Waals surface area contributed by atoms with Crippen molar-refractivity contribution >= 4 is 53.5 Å². The fraction of sp³-hybridized carbons (Fsp3) is 0.462. The van der Waals surface area contributed by atoms with Crippen molar-refractivity contribution in [1.82, 2.24) is 4.72 Å². The number of benzene rings is 1. The summed E-state index contributed by atoms with van der Waals surface area (Å²) in [7, 11) is -3.64. The molecule has 1 aromatic carbocycles. The van der Waals surface area contributed by atoms with Gasteiger partial charge in [-0.2, -0.15) is 13.2 Å². The fourth-order valence-electron chi connectivity index (χ4n) is 1.73. The highest BCUT2D eigenvalue weighted by Crippen LogP contribution is 2.34. The van der Waals surface area contributed by atoms with Crippen molar-refractivity contribution in [2.75, 3.05) is 5.32 Å². The Bertz CT molecular complexity index is 721. The van der Waals surface area contributed by atoms with Crippen LogP contribution in [0, 0.1) is 0 Å². The number of nitrogens with one attached hydrogen (secondary N) is 2. The van der Waals surface area contributed by atoms with Crippen LogP contribution in [0.15, 0.2) is 21.1 Å². The van der Waals surface area contributed by atoms with E-state index in [9.17, 15) is 26.4 Å². The summed E-state index contributed by atoms with van der Waals surface area (Å²) in [6.45, 7) is 5.06. The van der Waals surface area contributed by atoms with Crippen molar-refractivity contribution in [3.05, 3.63) is 26.6 Å². The van der Waals surface area contributed by atoms with Gasteiger partial charge in [0.05, 0.1) is 11.4 Å². The van der Waals surface area contributed by atoms with E-state index >= 15 is 0 Å². The number of rotatable bonds is 4. The predicted molar refractivity (Wildman–Crippen MR) is 92.0 cm³/mol. The summed E-state index contributed by atoms with van der Waals surface area (Å²) >= 11 is 6.07. The minimum Gasteiger partial charge on any atom is -0.316 e. The number of halogens is 5. The molecule has 0 bridgehead atoms. The number of amides is 1. The SMILES string of the molecule is CC(C)(C)NS(=O)(=O)Cc1cc(Br)c(NC(=O)C(F)(F)F)c(Br)c1. The molecule has 1 aromatic rings. The maximum Gasteiger partial charge on any atom is 0.471 e. The molecule has 0 aliphatic rings. The molecule has 136 valence electrons. The number of carbonyl (C=O) groups excluding carboxylic acids is 1. The molecule has 1 amide bonds. The topological polar surface area (TPSA) is 75.3 Å². The van der Waals surface area contributed by atoms with E-state index in [1.807, 2.05) is 0 Å². The second-order valence-corrected chi connectivity index (χ2v) is 9.43. The van der Waals surface area contributed by atoms with Gasteiger partial charge >= 0.3 is 12.1 Å². The summed E-state index contributed by atoms with van der Waals surface area (Å²) in [6.07, 6.45) is -5.03. The zero-order chi connectivity index (χ0) is 18.9. The summed E-state index contributed by atoms with van der Waals surface area (Å²) in [4.78, 5) is 11.0. The Morgan fingerprint density at radius 2 is 1.58 bits per heavy atom. The molecular weight excluding hydrogens is 481 g/mol. The summed E-state index contributed by atoms with van der Waals surface area (Å²) in [6, 6.07) is 2.66. The summed E-state index contributed by atoms with van der Waals surface area (Å²) in [5, 5.41) is 1.72. The minimum atomic E-state index is -5.03. The third-order valence-electron chi connectivity index (χ3n) is 2.42. The third kappa shape index (κ3) is 6.69. The van der Waals surface area contributed by atoms with Gasteiger partial charge in [-0.25, -0.2) is 13.1 Å². The van der Waals surface area contributed by atoms with E-state index < -0.39 is 27.6 Å².